The predicted molar refractivity (Wildman–Crippen MR) is 216 cm³/mol. The number of benzene rings is 7. The molecule has 3 nitrogen and oxygen atoms in total. The van der Waals surface area contributed by atoms with Crippen LogP contribution in [0.5, 0.6) is 0 Å². The van der Waals surface area contributed by atoms with Crippen LogP contribution < -0.4 is 0 Å². The van der Waals surface area contributed by atoms with Gasteiger partial charge in [-0.05, 0) is 107 Å². The normalized spacial score (nSPS) is 12.4. The molecule has 2 aromatic heterocycles. The zero-order chi connectivity index (χ0) is 34.6. The molecule has 0 saturated carbocycles. The summed E-state index contributed by atoms with van der Waals surface area (Å²) < 4.78 is 4.75. The van der Waals surface area contributed by atoms with E-state index in [-0.39, 0.29) is 0 Å². The third kappa shape index (κ3) is 4.88. The van der Waals surface area contributed by atoms with Crippen molar-refractivity contribution in [3.8, 4) is 50.8 Å². The third-order valence-corrected chi connectivity index (χ3v) is 10.6. The minimum atomic E-state index is 0.655. The Hall–Kier alpha value is -6.89. The van der Waals surface area contributed by atoms with Crippen LogP contribution in [0.2, 0.25) is 0 Å². The summed E-state index contributed by atoms with van der Waals surface area (Å²) in [5.74, 6) is 0. The zero-order valence-electron chi connectivity index (χ0n) is 28.5. The van der Waals surface area contributed by atoms with E-state index in [1.54, 1.807) is 0 Å². The maximum Gasteiger partial charge on any atom is 0.0992 e. The lowest BCUT2D eigenvalue weighted by Gasteiger charge is -2.15. The van der Waals surface area contributed by atoms with Crippen LogP contribution in [0.15, 0.2) is 170 Å². The first-order valence-electron chi connectivity index (χ1n) is 17.9. The van der Waals surface area contributed by atoms with Crippen LogP contribution in [-0.2, 0) is 6.42 Å². The summed E-state index contributed by atoms with van der Waals surface area (Å²) in [7, 11) is 0. The summed E-state index contributed by atoms with van der Waals surface area (Å²) in [6.45, 7) is 0. The molecule has 1 aliphatic rings. The first-order chi connectivity index (χ1) is 25.7. The van der Waals surface area contributed by atoms with E-state index in [0.717, 1.165) is 29.6 Å². The zero-order valence-corrected chi connectivity index (χ0v) is 28.5. The van der Waals surface area contributed by atoms with Gasteiger partial charge in [0.05, 0.1) is 28.2 Å². The Balaban J connectivity index is 1.07. The second-order valence-corrected chi connectivity index (χ2v) is 13.6. The number of aromatic nitrogens is 2. The second kappa shape index (κ2) is 12.2. The van der Waals surface area contributed by atoms with Crippen LogP contribution in [0.25, 0.3) is 83.5 Å². The minimum Gasteiger partial charge on any atom is -0.313 e. The number of allylic oxidation sites excluding steroid dienone is 1. The van der Waals surface area contributed by atoms with Gasteiger partial charge < -0.3 is 9.13 Å². The van der Waals surface area contributed by atoms with Gasteiger partial charge in [0.1, 0.15) is 0 Å². The molecule has 0 fully saturated rings. The highest BCUT2D eigenvalue weighted by Crippen LogP contribution is 2.39. The van der Waals surface area contributed by atoms with E-state index in [1.165, 1.54) is 72.0 Å². The highest BCUT2D eigenvalue weighted by molar-refractivity contribution is 6.10. The maximum absolute atomic E-state index is 9.60. The van der Waals surface area contributed by atoms with Gasteiger partial charge in [0, 0.05) is 38.8 Å². The summed E-state index contributed by atoms with van der Waals surface area (Å²) in [5.41, 5.74) is 16.3. The van der Waals surface area contributed by atoms with Crippen molar-refractivity contribution in [3.63, 3.8) is 0 Å². The van der Waals surface area contributed by atoms with E-state index in [1.807, 2.05) is 18.2 Å². The Bertz CT molecular complexity index is 2900. The summed E-state index contributed by atoms with van der Waals surface area (Å²) in [6.07, 6.45) is 6.67. The first-order valence-corrected chi connectivity index (χ1v) is 17.9. The highest BCUT2D eigenvalue weighted by Gasteiger charge is 2.20. The van der Waals surface area contributed by atoms with Crippen LogP contribution in [0.3, 0.4) is 0 Å². The van der Waals surface area contributed by atoms with Crippen molar-refractivity contribution < 1.29 is 0 Å². The Morgan fingerprint density at radius 1 is 0.442 bits per heavy atom. The molecule has 0 spiro atoms. The van der Waals surface area contributed by atoms with Gasteiger partial charge >= 0.3 is 0 Å². The van der Waals surface area contributed by atoms with E-state index in [4.69, 9.17) is 0 Å². The number of hydrogen-bond acceptors (Lipinski definition) is 1. The SMILES string of the molecule is N#Cc1cccc(-n2c3ccccc3c3cc(-c4ccc5c(c4)c4c(n5-c5cccc(-c6ccc(-c7ccccc7)cc6)c5)CCC=C4)ccc32)c1. The van der Waals surface area contributed by atoms with Gasteiger partial charge in [-0.2, -0.15) is 5.26 Å². The lowest BCUT2D eigenvalue weighted by molar-refractivity contribution is 0.889. The van der Waals surface area contributed by atoms with Gasteiger partial charge in [0.15, 0.2) is 0 Å². The lowest BCUT2D eigenvalue weighted by Crippen LogP contribution is -2.03. The van der Waals surface area contributed by atoms with Gasteiger partial charge in [-0.1, -0.05) is 115 Å². The third-order valence-electron chi connectivity index (χ3n) is 10.6. The molecule has 1 aliphatic carbocycles. The van der Waals surface area contributed by atoms with E-state index in [9.17, 15) is 5.26 Å². The van der Waals surface area contributed by atoms with Crippen molar-refractivity contribution in [1.82, 2.24) is 9.13 Å². The molecule has 0 bridgehead atoms. The number of rotatable bonds is 5. The molecule has 52 heavy (non-hydrogen) atoms. The average molecular weight is 664 g/mol. The van der Waals surface area contributed by atoms with Crippen molar-refractivity contribution in [3.05, 3.63) is 187 Å². The minimum absolute atomic E-state index is 0.655. The Morgan fingerprint density at radius 3 is 1.81 bits per heavy atom. The molecule has 2 heterocycles. The molecule has 10 rings (SSSR count). The number of fused-ring (bicyclic) bond motifs is 6. The van der Waals surface area contributed by atoms with Crippen LogP contribution >= 0.6 is 0 Å². The van der Waals surface area contributed by atoms with Crippen molar-refractivity contribution in [1.29, 1.82) is 5.26 Å². The molecule has 0 aliphatic heterocycles. The van der Waals surface area contributed by atoms with Crippen molar-refractivity contribution in [2.45, 2.75) is 12.8 Å². The van der Waals surface area contributed by atoms with Gasteiger partial charge in [-0.25, -0.2) is 0 Å². The Kier molecular flexibility index (Phi) is 7.01. The standard InChI is InChI=1S/C49H33N3/c50-32-33-10-8-14-40(28-33)51-46-18-6-4-16-42(46)44-30-38(24-26-48(44)51)39-25-27-49-45(31-39)43-17-5-7-19-47(43)52(49)41-15-9-13-37(29-41)36-22-20-35(21-23-36)34-11-2-1-3-12-34/h1-6,8-18,20-31H,7,19H2. The van der Waals surface area contributed by atoms with Crippen molar-refractivity contribution in [2.75, 3.05) is 0 Å². The number of nitrogens with zero attached hydrogens (tertiary/aromatic N) is 3. The predicted octanol–water partition coefficient (Wildman–Crippen LogP) is 12.6. The molecule has 0 amide bonds. The maximum atomic E-state index is 9.60. The molecule has 9 aromatic rings. The fourth-order valence-corrected chi connectivity index (χ4v) is 8.15. The van der Waals surface area contributed by atoms with Crippen LogP contribution in [0.4, 0.5) is 0 Å². The smallest absolute Gasteiger partial charge is 0.0992 e. The molecule has 0 atom stereocenters. The largest absolute Gasteiger partial charge is 0.313 e. The van der Waals surface area contributed by atoms with Gasteiger partial charge in [-0.15, -0.1) is 0 Å². The number of para-hydroxylation sites is 1. The number of nitriles is 1. The van der Waals surface area contributed by atoms with Gasteiger partial charge in [-0.3, -0.25) is 0 Å². The van der Waals surface area contributed by atoms with Crippen molar-refractivity contribution >= 4 is 38.8 Å². The van der Waals surface area contributed by atoms with E-state index in [2.05, 4.69) is 173 Å². The lowest BCUT2D eigenvalue weighted by atomic mass is 9.98. The molecule has 3 heteroatoms. The van der Waals surface area contributed by atoms with Crippen molar-refractivity contribution in [2.24, 2.45) is 0 Å². The van der Waals surface area contributed by atoms with Crippen LogP contribution in [0, 0.1) is 11.3 Å². The fourth-order valence-electron chi connectivity index (χ4n) is 8.15. The van der Waals surface area contributed by atoms with Gasteiger partial charge in [0.25, 0.3) is 0 Å². The van der Waals surface area contributed by atoms with Crippen LogP contribution in [-0.4, -0.2) is 9.13 Å². The highest BCUT2D eigenvalue weighted by atomic mass is 15.0. The van der Waals surface area contributed by atoms with Gasteiger partial charge in [0.2, 0.25) is 0 Å². The van der Waals surface area contributed by atoms with E-state index >= 15 is 0 Å². The molecule has 0 unspecified atom stereocenters. The molecule has 0 N–H and O–H groups in total. The fraction of sp³-hybridized carbons (Fsp3) is 0.0408. The van der Waals surface area contributed by atoms with E-state index < -0.39 is 0 Å². The molecule has 7 aromatic carbocycles. The summed E-state index contributed by atoms with van der Waals surface area (Å²) >= 11 is 0. The first kappa shape index (κ1) is 30.0. The topological polar surface area (TPSA) is 33.6 Å². The molecule has 244 valence electrons. The second-order valence-electron chi connectivity index (χ2n) is 13.6. The molecular formula is C49H33N3. The molecule has 0 saturated heterocycles. The van der Waals surface area contributed by atoms with E-state index in [0.29, 0.717) is 5.56 Å². The summed E-state index contributed by atoms with van der Waals surface area (Å²) in [6, 6.07) is 60.9. The number of hydrogen-bond donors (Lipinski definition) is 0. The quantitative estimate of drug-likeness (QED) is 0.180. The Labute approximate surface area is 302 Å². The molecular weight excluding hydrogens is 631 g/mol. The van der Waals surface area contributed by atoms with Crippen LogP contribution in [0.1, 0.15) is 23.2 Å². The average Bonchev–Trinajstić information content (AvgIpc) is 3.73. The summed E-state index contributed by atoms with van der Waals surface area (Å²) in [5, 5.41) is 13.3. The summed E-state index contributed by atoms with van der Waals surface area (Å²) in [4.78, 5) is 0. The molecule has 0 radical (unpaired) electrons. The Morgan fingerprint density at radius 2 is 1.02 bits per heavy atom. The monoisotopic (exact) mass is 663 g/mol.